The van der Waals surface area contributed by atoms with Crippen LogP contribution in [0.5, 0.6) is 0 Å². The molecule has 2 unspecified atom stereocenters. The van der Waals surface area contributed by atoms with E-state index in [2.05, 4.69) is 6.92 Å². The lowest BCUT2D eigenvalue weighted by atomic mass is 9.92. The van der Waals surface area contributed by atoms with Crippen molar-refractivity contribution >= 4 is 0 Å². The minimum Gasteiger partial charge on any atom is -0.388 e. The number of halogens is 1. The summed E-state index contributed by atoms with van der Waals surface area (Å²) < 4.78 is 13.5. The highest BCUT2D eigenvalue weighted by Crippen LogP contribution is 2.28. The van der Waals surface area contributed by atoms with E-state index in [0.29, 0.717) is 17.5 Å². The van der Waals surface area contributed by atoms with Gasteiger partial charge in [-0.2, -0.15) is 0 Å². The van der Waals surface area contributed by atoms with Crippen LogP contribution in [0, 0.1) is 12.7 Å². The SMILES string of the molecule is Cc1ccc(C(O)CC(C)c2ccccc2)cc1F. The van der Waals surface area contributed by atoms with Crippen LogP contribution in [0.2, 0.25) is 0 Å². The monoisotopic (exact) mass is 258 g/mol. The van der Waals surface area contributed by atoms with E-state index in [0.717, 1.165) is 0 Å². The van der Waals surface area contributed by atoms with Crippen LogP contribution in [0.3, 0.4) is 0 Å². The van der Waals surface area contributed by atoms with E-state index in [-0.39, 0.29) is 11.7 Å². The van der Waals surface area contributed by atoms with Crippen LogP contribution in [0.1, 0.15) is 42.1 Å². The molecule has 0 aliphatic carbocycles. The van der Waals surface area contributed by atoms with Gasteiger partial charge in [0.15, 0.2) is 0 Å². The van der Waals surface area contributed by atoms with Crippen LogP contribution in [0.4, 0.5) is 4.39 Å². The van der Waals surface area contributed by atoms with Crippen LogP contribution in [0.25, 0.3) is 0 Å². The van der Waals surface area contributed by atoms with Crippen LogP contribution < -0.4 is 0 Å². The van der Waals surface area contributed by atoms with Crippen molar-refractivity contribution in [2.75, 3.05) is 0 Å². The second kappa shape index (κ2) is 5.98. The van der Waals surface area contributed by atoms with E-state index in [4.69, 9.17) is 0 Å². The molecule has 2 heteroatoms. The summed E-state index contributed by atoms with van der Waals surface area (Å²) in [5, 5.41) is 10.2. The van der Waals surface area contributed by atoms with E-state index in [1.165, 1.54) is 11.6 Å². The quantitative estimate of drug-likeness (QED) is 0.863. The normalized spacial score (nSPS) is 14.1. The van der Waals surface area contributed by atoms with Gasteiger partial charge in [0.25, 0.3) is 0 Å². The largest absolute Gasteiger partial charge is 0.388 e. The lowest BCUT2D eigenvalue weighted by molar-refractivity contribution is 0.159. The number of hydrogen-bond acceptors (Lipinski definition) is 1. The van der Waals surface area contributed by atoms with E-state index >= 15 is 0 Å². The minimum atomic E-state index is -0.634. The molecule has 2 rings (SSSR count). The van der Waals surface area contributed by atoms with Crippen molar-refractivity contribution < 1.29 is 9.50 Å². The number of rotatable bonds is 4. The molecular formula is C17H19FO. The molecule has 0 aliphatic heterocycles. The van der Waals surface area contributed by atoms with Crippen molar-refractivity contribution in [1.29, 1.82) is 0 Å². The van der Waals surface area contributed by atoms with E-state index < -0.39 is 6.10 Å². The Hall–Kier alpha value is -1.67. The first-order valence-corrected chi connectivity index (χ1v) is 6.57. The van der Waals surface area contributed by atoms with Crippen LogP contribution in [-0.2, 0) is 0 Å². The highest BCUT2D eigenvalue weighted by molar-refractivity contribution is 5.26. The third-order valence-corrected chi connectivity index (χ3v) is 3.53. The maximum absolute atomic E-state index is 13.5. The molecule has 0 spiro atoms. The Morgan fingerprint density at radius 2 is 1.74 bits per heavy atom. The molecule has 100 valence electrons. The van der Waals surface area contributed by atoms with Gasteiger partial charge in [-0.3, -0.25) is 0 Å². The lowest BCUT2D eigenvalue weighted by Crippen LogP contribution is -2.04. The van der Waals surface area contributed by atoms with Crippen LogP contribution in [-0.4, -0.2) is 5.11 Å². The van der Waals surface area contributed by atoms with Crippen molar-refractivity contribution in [1.82, 2.24) is 0 Å². The van der Waals surface area contributed by atoms with E-state index in [1.54, 1.807) is 19.1 Å². The summed E-state index contributed by atoms with van der Waals surface area (Å²) in [5.74, 6) is -0.0236. The predicted octanol–water partition coefficient (Wildman–Crippen LogP) is 4.36. The van der Waals surface area contributed by atoms with E-state index in [9.17, 15) is 9.50 Å². The molecular weight excluding hydrogens is 239 g/mol. The molecule has 19 heavy (non-hydrogen) atoms. The third kappa shape index (κ3) is 3.42. The molecule has 2 aromatic carbocycles. The van der Waals surface area contributed by atoms with Crippen LogP contribution in [0.15, 0.2) is 48.5 Å². The topological polar surface area (TPSA) is 20.2 Å². The molecule has 0 saturated heterocycles. The first kappa shape index (κ1) is 13.8. The van der Waals surface area contributed by atoms with Crippen molar-refractivity contribution in [3.8, 4) is 0 Å². The van der Waals surface area contributed by atoms with Crippen LogP contribution >= 0.6 is 0 Å². The maximum atomic E-state index is 13.5. The van der Waals surface area contributed by atoms with Gasteiger partial charge < -0.3 is 5.11 Å². The Bertz CT molecular complexity index is 536. The zero-order valence-electron chi connectivity index (χ0n) is 11.3. The Morgan fingerprint density at radius 1 is 1.05 bits per heavy atom. The van der Waals surface area contributed by atoms with Gasteiger partial charge in [-0.15, -0.1) is 0 Å². The predicted molar refractivity (Wildman–Crippen MR) is 75.6 cm³/mol. The zero-order chi connectivity index (χ0) is 13.8. The third-order valence-electron chi connectivity index (χ3n) is 3.53. The average Bonchev–Trinajstić information content (AvgIpc) is 2.42. The average molecular weight is 258 g/mol. The second-order valence-electron chi connectivity index (χ2n) is 5.07. The fourth-order valence-electron chi connectivity index (χ4n) is 2.21. The molecule has 2 aromatic rings. The fraction of sp³-hybridized carbons (Fsp3) is 0.294. The van der Waals surface area contributed by atoms with Crippen molar-refractivity contribution in [2.24, 2.45) is 0 Å². The first-order chi connectivity index (χ1) is 9.08. The van der Waals surface area contributed by atoms with Gasteiger partial charge in [-0.25, -0.2) is 4.39 Å². The molecule has 2 atom stereocenters. The second-order valence-corrected chi connectivity index (χ2v) is 5.07. The molecule has 0 radical (unpaired) electrons. The molecule has 0 heterocycles. The fourth-order valence-corrected chi connectivity index (χ4v) is 2.21. The number of aliphatic hydroxyl groups excluding tert-OH is 1. The number of benzene rings is 2. The molecule has 0 saturated carbocycles. The summed E-state index contributed by atoms with van der Waals surface area (Å²) in [5.41, 5.74) is 2.44. The van der Waals surface area contributed by atoms with Gasteiger partial charge in [0.1, 0.15) is 5.82 Å². The van der Waals surface area contributed by atoms with Crippen molar-refractivity contribution in [2.45, 2.75) is 32.3 Å². The van der Waals surface area contributed by atoms with Crippen molar-refractivity contribution in [3.63, 3.8) is 0 Å². The molecule has 1 N–H and O–H groups in total. The maximum Gasteiger partial charge on any atom is 0.126 e. The van der Waals surface area contributed by atoms with E-state index in [1.807, 2.05) is 30.3 Å². The Morgan fingerprint density at radius 3 is 2.37 bits per heavy atom. The highest BCUT2D eigenvalue weighted by Gasteiger charge is 2.14. The molecule has 0 aliphatic rings. The summed E-state index contributed by atoms with van der Waals surface area (Å²) in [4.78, 5) is 0. The summed E-state index contributed by atoms with van der Waals surface area (Å²) in [6.45, 7) is 3.79. The van der Waals surface area contributed by atoms with Gasteiger partial charge >= 0.3 is 0 Å². The van der Waals surface area contributed by atoms with Gasteiger partial charge in [0.2, 0.25) is 0 Å². The van der Waals surface area contributed by atoms with Gasteiger partial charge in [0.05, 0.1) is 6.10 Å². The molecule has 0 aromatic heterocycles. The number of aliphatic hydroxyl groups is 1. The number of aryl methyl sites for hydroxylation is 1. The Labute approximate surface area is 113 Å². The van der Waals surface area contributed by atoms with Crippen molar-refractivity contribution in [3.05, 3.63) is 71.0 Å². The Balaban J connectivity index is 2.08. The zero-order valence-corrected chi connectivity index (χ0v) is 11.3. The standard InChI is InChI=1S/C17H19FO/c1-12-8-9-15(11-16(12)18)17(19)10-13(2)14-6-4-3-5-7-14/h3-9,11,13,17,19H,10H2,1-2H3. The first-order valence-electron chi connectivity index (χ1n) is 6.57. The Kier molecular flexibility index (Phi) is 4.33. The molecule has 0 fully saturated rings. The summed E-state index contributed by atoms with van der Waals surface area (Å²) >= 11 is 0. The summed E-state index contributed by atoms with van der Waals surface area (Å²) in [6, 6.07) is 15.0. The van der Waals surface area contributed by atoms with Gasteiger partial charge in [-0.1, -0.05) is 49.4 Å². The smallest absolute Gasteiger partial charge is 0.126 e. The summed E-state index contributed by atoms with van der Waals surface area (Å²) in [7, 11) is 0. The highest BCUT2D eigenvalue weighted by atomic mass is 19.1. The van der Waals surface area contributed by atoms with Gasteiger partial charge in [-0.05, 0) is 42.0 Å². The molecule has 0 bridgehead atoms. The molecule has 0 amide bonds. The minimum absolute atomic E-state index is 0.237. The van der Waals surface area contributed by atoms with Gasteiger partial charge in [0, 0.05) is 0 Å². The molecule has 1 nitrogen and oxygen atoms in total. The lowest BCUT2D eigenvalue weighted by Gasteiger charge is -2.17. The summed E-state index contributed by atoms with van der Waals surface area (Å²) in [6.07, 6.45) is -0.0442. The number of hydrogen-bond donors (Lipinski definition) is 1.